The first-order chi connectivity index (χ1) is 17.1. The van der Waals surface area contributed by atoms with E-state index in [9.17, 15) is 0 Å². The van der Waals surface area contributed by atoms with Gasteiger partial charge in [-0.05, 0) is 67.3 Å². The fraction of sp³-hybridized carbons (Fsp3) is 0.400. The smallest absolute Gasteiger partial charge is 0.225 e. The molecule has 5 rings (SSSR count). The Hall–Kier alpha value is -3.38. The summed E-state index contributed by atoms with van der Waals surface area (Å²) in [6, 6.07) is 21.4. The Bertz CT molecular complexity index is 1300. The van der Waals surface area contributed by atoms with E-state index in [1.54, 1.807) is 7.11 Å². The van der Waals surface area contributed by atoms with Crippen molar-refractivity contribution in [1.29, 1.82) is 0 Å². The third-order valence-corrected chi connectivity index (χ3v) is 7.13. The average molecular weight is 486 g/mol. The second-order valence-electron chi connectivity index (χ2n) is 9.75. The summed E-state index contributed by atoms with van der Waals surface area (Å²) >= 11 is 0. The van der Waals surface area contributed by atoms with E-state index >= 15 is 0 Å². The molecule has 0 aliphatic heterocycles. The molecule has 3 aromatic carbocycles. The molecule has 36 heavy (non-hydrogen) atoms. The van der Waals surface area contributed by atoms with Crippen molar-refractivity contribution in [2.24, 2.45) is 5.92 Å². The lowest BCUT2D eigenvalue weighted by molar-refractivity contribution is 0.324. The maximum atomic E-state index is 5.54. The maximum Gasteiger partial charge on any atom is 0.225 e. The Balaban J connectivity index is 0.00000304. The van der Waals surface area contributed by atoms with Gasteiger partial charge in [0.2, 0.25) is 5.95 Å². The van der Waals surface area contributed by atoms with Crippen molar-refractivity contribution in [2.75, 3.05) is 38.0 Å². The van der Waals surface area contributed by atoms with Gasteiger partial charge < -0.3 is 20.3 Å². The summed E-state index contributed by atoms with van der Waals surface area (Å²) in [6.07, 6.45) is 4.71. The van der Waals surface area contributed by atoms with Crippen LogP contribution >= 0.6 is 0 Å². The van der Waals surface area contributed by atoms with E-state index < -0.39 is 0 Å². The Labute approximate surface area is 215 Å². The van der Waals surface area contributed by atoms with Gasteiger partial charge in [0.05, 0.1) is 12.6 Å². The third-order valence-electron chi connectivity index (χ3n) is 7.13. The van der Waals surface area contributed by atoms with Gasteiger partial charge in [0.25, 0.3) is 0 Å². The Kier molecular flexibility index (Phi) is 8.26. The van der Waals surface area contributed by atoms with Crippen LogP contribution in [0.25, 0.3) is 21.7 Å². The summed E-state index contributed by atoms with van der Waals surface area (Å²) in [6.45, 7) is 1.92. The Morgan fingerprint density at radius 2 is 1.56 bits per heavy atom. The van der Waals surface area contributed by atoms with Gasteiger partial charge in [-0.15, -0.1) is 0 Å². The molecule has 1 heterocycles. The van der Waals surface area contributed by atoms with Crippen molar-refractivity contribution < 1.29 is 4.74 Å². The van der Waals surface area contributed by atoms with Crippen LogP contribution in [0, 0.1) is 5.92 Å². The number of benzene rings is 3. The monoisotopic (exact) mass is 485 g/mol. The lowest BCUT2D eigenvalue weighted by atomic mass is 9.86. The molecule has 1 aliphatic carbocycles. The topological polar surface area (TPSA) is 62.3 Å². The molecule has 0 radical (unpaired) electrons. The first-order valence-electron chi connectivity index (χ1n) is 12.6. The largest absolute Gasteiger partial charge is 0.496 e. The number of para-hydroxylation sites is 1. The Morgan fingerprint density at radius 1 is 0.861 bits per heavy atom. The van der Waals surface area contributed by atoms with Crippen LogP contribution in [0.2, 0.25) is 0 Å². The van der Waals surface area contributed by atoms with Gasteiger partial charge in [-0.3, -0.25) is 0 Å². The molecular formula is C30H39N5O. The zero-order valence-electron chi connectivity index (χ0n) is 20.9. The molecule has 190 valence electrons. The number of nitrogens with zero attached hydrogens (tertiary/aromatic N) is 3. The van der Waals surface area contributed by atoms with Crippen LogP contribution in [0.3, 0.4) is 0 Å². The van der Waals surface area contributed by atoms with Gasteiger partial charge in [-0.1, -0.05) is 49.9 Å². The van der Waals surface area contributed by atoms with E-state index in [1.165, 1.54) is 29.2 Å². The fourth-order valence-electron chi connectivity index (χ4n) is 5.24. The summed E-state index contributed by atoms with van der Waals surface area (Å²) in [4.78, 5) is 11.7. The lowest BCUT2D eigenvalue weighted by Gasteiger charge is -2.29. The zero-order chi connectivity index (χ0) is 24.2. The van der Waals surface area contributed by atoms with Crippen molar-refractivity contribution >= 4 is 33.4 Å². The van der Waals surface area contributed by atoms with Gasteiger partial charge in [-0.2, -0.15) is 4.98 Å². The van der Waals surface area contributed by atoms with Crippen LogP contribution in [0.5, 0.6) is 5.75 Å². The SMILES string of the molecule is C.COc1ccc(CNCC2CCC(Nc3nc(N(C)C)c4ccccc4n3)CC2)c2ccccc12. The third kappa shape index (κ3) is 5.54. The van der Waals surface area contributed by atoms with E-state index in [2.05, 4.69) is 64.1 Å². The predicted molar refractivity (Wildman–Crippen MR) is 152 cm³/mol. The second-order valence-corrected chi connectivity index (χ2v) is 9.75. The molecule has 1 saturated carbocycles. The molecule has 4 aromatic rings. The molecule has 2 N–H and O–H groups in total. The minimum absolute atomic E-state index is 0. The van der Waals surface area contributed by atoms with Crippen LogP contribution in [-0.4, -0.2) is 43.8 Å². The van der Waals surface area contributed by atoms with E-state index in [0.29, 0.717) is 12.0 Å². The Morgan fingerprint density at radius 3 is 2.28 bits per heavy atom. The van der Waals surface area contributed by atoms with Crippen molar-refractivity contribution in [3.05, 3.63) is 66.2 Å². The van der Waals surface area contributed by atoms with Gasteiger partial charge in [0.1, 0.15) is 11.6 Å². The van der Waals surface area contributed by atoms with Gasteiger partial charge >= 0.3 is 0 Å². The van der Waals surface area contributed by atoms with E-state index in [4.69, 9.17) is 14.7 Å². The summed E-state index contributed by atoms with van der Waals surface area (Å²) in [5, 5.41) is 10.9. The molecule has 0 atom stereocenters. The maximum absolute atomic E-state index is 5.54. The molecular weight excluding hydrogens is 446 g/mol. The summed E-state index contributed by atoms with van der Waals surface area (Å²) < 4.78 is 5.54. The first-order valence-corrected chi connectivity index (χ1v) is 12.6. The molecule has 6 nitrogen and oxygen atoms in total. The van der Waals surface area contributed by atoms with Crippen LogP contribution in [0.1, 0.15) is 38.7 Å². The lowest BCUT2D eigenvalue weighted by Crippen LogP contribution is -2.31. The quantitative estimate of drug-likeness (QED) is 0.307. The molecule has 1 fully saturated rings. The number of methoxy groups -OCH3 is 1. The number of nitrogens with one attached hydrogen (secondary N) is 2. The summed E-state index contributed by atoms with van der Waals surface area (Å²) in [5.74, 6) is 3.33. The number of hydrogen-bond donors (Lipinski definition) is 2. The fourth-order valence-corrected chi connectivity index (χ4v) is 5.24. The van der Waals surface area contributed by atoms with Crippen LogP contribution < -0.4 is 20.3 Å². The number of rotatable bonds is 8. The molecule has 1 aromatic heterocycles. The summed E-state index contributed by atoms with van der Waals surface area (Å²) in [7, 11) is 5.80. The molecule has 6 heteroatoms. The normalized spacial score (nSPS) is 17.5. The minimum Gasteiger partial charge on any atom is -0.496 e. The van der Waals surface area contributed by atoms with E-state index in [1.807, 2.05) is 26.2 Å². The number of fused-ring (bicyclic) bond motifs is 2. The van der Waals surface area contributed by atoms with Crippen LogP contribution in [-0.2, 0) is 6.54 Å². The highest BCUT2D eigenvalue weighted by molar-refractivity contribution is 5.91. The number of ether oxygens (including phenoxy) is 1. The molecule has 0 unspecified atom stereocenters. The molecule has 0 bridgehead atoms. The molecule has 1 aliphatic rings. The van der Waals surface area contributed by atoms with E-state index in [-0.39, 0.29) is 7.43 Å². The van der Waals surface area contributed by atoms with Gasteiger partial charge in [0.15, 0.2) is 0 Å². The number of anilines is 2. The highest BCUT2D eigenvalue weighted by Gasteiger charge is 2.22. The van der Waals surface area contributed by atoms with Crippen LogP contribution in [0.4, 0.5) is 11.8 Å². The van der Waals surface area contributed by atoms with Crippen LogP contribution in [0.15, 0.2) is 60.7 Å². The highest BCUT2D eigenvalue weighted by atomic mass is 16.5. The zero-order valence-corrected chi connectivity index (χ0v) is 20.9. The minimum atomic E-state index is 0. The van der Waals surface area contributed by atoms with Gasteiger partial charge in [-0.25, -0.2) is 4.98 Å². The highest BCUT2D eigenvalue weighted by Crippen LogP contribution is 2.30. The molecule has 0 amide bonds. The van der Waals surface area contributed by atoms with Crippen molar-refractivity contribution in [2.45, 2.75) is 45.7 Å². The molecule has 0 saturated heterocycles. The summed E-state index contributed by atoms with van der Waals surface area (Å²) in [5.41, 5.74) is 2.31. The van der Waals surface area contributed by atoms with E-state index in [0.717, 1.165) is 54.3 Å². The van der Waals surface area contributed by atoms with Crippen molar-refractivity contribution in [1.82, 2.24) is 15.3 Å². The standard InChI is InChI=1S/C29H35N5O.CH4/c1-34(2)28-25-10-6-7-11-26(25)32-29(33-28)31-22-15-12-20(13-16-22)18-30-19-21-14-17-27(35-3)24-9-5-4-8-23(21)24;/h4-11,14,17,20,22,30H,12-13,15-16,18-19H2,1-3H3,(H,31,32,33);1H4. The molecule has 0 spiro atoms. The average Bonchev–Trinajstić information content (AvgIpc) is 2.89. The first kappa shape index (κ1) is 25.7. The predicted octanol–water partition coefficient (Wildman–Crippen LogP) is 6.25. The van der Waals surface area contributed by atoms with Crippen molar-refractivity contribution in [3.8, 4) is 5.75 Å². The van der Waals surface area contributed by atoms with Gasteiger partial charge in [0, 0.05) is 37.5 Å². The number of aromatic nitrogens is 2. The second kappa shape index (κ2) is 11.6. The van der Waals surface area contributed by atoms with Crippen molar-refractivity contribution in [3.63, 3.8) is 0 Å². The number of hydrogen-bond acceptors (Lipinski definition) is 6.